The van der Waals surface area contributed by atoms with Crippen LogP contribution in [0.5, 0.6) is 0 Å². The summed E-state index contributed by atoms with van der Waals surface area (Å²) in [4.78, 5) is 45.8. The van der Waals surface area contributed by atoms with Gasteiger partial charge in [0.05, 0.1) is 11.5 Å². The number of nitrogens with two attached hydrogens (primary N) is 1. The number of nitrogens with one attached hydrogen (secondary N) is 1. The second-order valence-electron chi connectivity index (χ2n) is 6.20. The number of amides is 1. The highest BCUT2D eigenvalue weighted by Gasteiger charge is 2.25. The summed E-state index contributed by atoms with van der Waals surface area (Å²) >= 11 is 0. The normalized spacial score (nSPS) is 11.4. The molecule has 0 fully saturated rings. The molecule has 1 aromatic carbocycles. The molecule has 0 aliphatic heterocycles. The summed E-state index contributed by atoms with van der Waals surface area (Å²) in [6, 6.07) is 4.08. The minimum atomic E-state index is -1.27. The number of nitrogens with zero attached hydrogens (tertiary/aromatic N) is 3. The van der Waals surface area contributed by atoms with Crippen molar-refractivity contribution in [1.82, 2.24) is 15.5 Å². The quantitative estimate of drug-likeness (QED) is 0.179. The molecule has 1 heterocycles. The Hall–Kier alpha value is -3.87. The fraction of sp³-hybridized carbons (Fsp3) is 0.389. The van der Waals surface area contributed by atoms with Gasteiger partial charge in [0.15, 0.2) is 0 Å². The van der Waals surface area contributed by atoms with E-state index in [0.29, 0.717) is 12.0 Å². The number of aromatic nitrogens is 2. The third-order valence-corrected chi connectivity index (χ3v) is 3.85. The minimum Gasteiger partial charge on any atom is -0.450 e. The van der Waals surface area contributed by atoms with Crippen molar-refractivity contribution in [2.24, 2.45) is 5.73 Å². The van der Waals surface area contributed by atoms with E-state index in [9.17, 15) is 24.5 Å². The summed E-state index contributed by atoms with van der Waals surface area (Å²) < 4.78 is 14.8. The molecule has 0 spiro atoms. The predicted molar refractivity (Wildman–Crippen MR) is 103 cm³/mol. The van der Waals surface area contributed by atoms with Crippen LogP contribution in [0.25, 0.3) is 11.5 Å². The van der Waals surface area contributed by atoms with E-state index < -0.39 is 35.4 Å². The number of carbonyl (C=O) groups is 3. The monoisotopic (exact) mass is 435 g/mol. The maximum atomic E-state index is 12.0. The maximum absolute atomic E-state index is 12.0. The first-order valence-corrected chi connectivity index (χ1v) is 9.29. The molecule has 0 aliphatic carbocycles. The summed E-state index contributed by atoms with van der Waals surface area (Å²) in [5.41, 5.74) is 5.73. The molecule has 1 amide bonds. The van der Waals surface area contributed by atoms with Crippen molar-refractivity contribution in [3.63, 3.8) is 0 Å². The SMILES string of the molecule is CCCCOC(=O)NC(CN)C(=O)OC(=O)Cc1nnc(-c2ccc([N+](=O)[O-])cc2)o1. The number of rotatable bonds is 10. The van der Waals surface area contributed by atoms with Crippen LogP contribution in [0, 0.1) is 10.1 Å². The van der Waals surface area contributed by atoms with Crippen LogP contribution in [0.2, 0.25) is 0 Å². The van der Waals surface area contributed by atoms with E-state index in [-0.39, 0.29) is 30.6 Å². The van der Waals surface area contributed by atoms with Crippen LogP contribution >= 0.6 is 0 Å². The number of carbonyl (C=O) groups excluding carboxylic acids is 3. The zero-order valence-corrected chi connectivity index (χ0v) is 16.6. The van der Waals surface area contributed by atoms with Crippen LogP contribution < -0.4 is 11.1 Å². The fourth-order valence-corrected chi connectivity index (χ4v) is 2.22. The molecular weight excluding hydrogens is 414 g/mol. The lowest BCUT2D eigenvalue weighted by atomic mass is 10.2. The largest absolute Gasteiger partial charge is 0.450 e. The predicted octanol–water partition coefficient (Wildman–Crippen LogP) is 1.11. The van der Waals surface area contributed by atoms with Crippen LogP contribution in [0.1, 0.15) is 25.7 Å². The molecule has 31 heavy (non-hydrogen) atoms. The highest BCUT2D eigenvalue weighted by molar-refractivity contribution is 5.90. The van der Waals surface area contributed by atoms with E-state index in [1.807, 2.05) is 6.92 Å². The molecular formula is C18H21N5O8. The van der Waals surface area contributed by atoms with E-state index in [2.05, 4.69) is 20.3 Å². The molecule has 13 heteroatoms. The summed E-state index contributed by atoms with van der Waals surface area (Å²) in [5.74, 6) is -2.17. The number of ether oxygens (including phenoxy) is 2. The van der Waals surface area contributed by atoms with Gasteiger partial charge in [0, 0.05) is 24.2 Å². The van der Waals surface area contributed by atoms with Gasteiger partial charge in [-0.2, -0.15) is 0 Å². The Labute approximate surface area is 176 Å². The third kappa shape index (κ3) is 7.15. The second kappa shape index (κ2) is 11.3. The Kier molecular flexibility index (Phi) is 8.57. The molecule has 0 saturated carbocycles. The average Bonchev–Trinajstić information content (AvgIpc) is 3.20. The molecule has 3 N–H and O–H groups in total. The number of alkyl carbamates (subject to hydrolysis) is 1. The van der Waals surface area contributed by atoms with Crippen LogP contribution in [-0.4, -0.2) is 52.3 Å². The van der Waals surface area contributed by atoms with E-state index >= 15 is 0 Å². The van der Waals surface area contributed by atoms with Crippen molar-refractivity contribution in [3.8, 4) is 11.5 Å². The Morgan fingerprint density at radius 3 is 2.58 bits per heavy atom. The molecule has 166 valence electrons. The van der Waals surface area contributed by atoms with Crippen molar-refractivity contribution >= 4 is 23.7 Å². The molecule has 0 radical (unpaired) electrons. The Bertz CT molecular complexity index is 927. The van der Waals surface area contributed by atoms with Gasteiger partial charge in [-0.05, 0) is 18.6 Å². The van der Waals surface area contributed by atoms with E-state index in [0.717, 1.165) is 6.42 Å². The van der Waals surface area contributed by atoms with Crippen molar-refractivity contribution in [3.05, 3.63) is 40.3 Å². The number of unbranched alkanes of at least 4 members (excludes halogenated alkanes) is 1. The second-order valence-corrected chi connectivity index (χ2v) is 6.20. The Morgan fingerprint density at radius 1 is 1.26 bits per heavy atom. The summed E-state index contributed by atoms with van der Waals surface area (Å²) in [5, 5.41) is 20.3. The van der Waals surface area contributed by atoms with E-state index in [4.69, 9.17) is 14.9 Å². The van der Waals surface area contributed by atoms with E-state index in [1.54, 1.807) is 0 Å². The number of hydrogen-bond donors (Lipinski definition) is 2. The molecule has 0 saturated heterocycles. The van der Waals surface area contributed by atoms with E-state index in [1.165, 1.54) is 24.3 Å². The number of nitro groups is 1. The van der Waals surface area contributed by atoms with Crippen LogP contribution in [0.15, 0.2) is 28.7 Å². The lowest BCUT2D eigenvalue weighted by Gasteiger charge is -2.14. The highest BCUT2D eigenvalue weighted by atomic mass is 16.6. The molecule has 2 rings (SSSR count). The number of benzene rings is 1. The van der Waals surface area contributed by atoms with Gasteiger partial charge >= 0.3 is 18.0 Å². The molecule has 1 unspecified atom stereocenters. The van der Waals surface area contributed by atoms with Crippen LogP contribution in [-0.2, 0) is 25.5 Å². The van der Waals surface area contributed by atoms with Gasteiger partial charge in [-0.15, -0.1) is 10.2 Å². The molecule has 1 aromatic heterocycles. The number of nitro benzene ring substituents is 1. The van der Waals surface area contributed by atoms with Gasteiger partial charge in [-0.25, -0.2) is 9.59 Å². The summed E-state index contributed by atoms with van der Waals surface area (Å²) in [7, 11) is 0. The summed E-state index contributed by atoms with van der Waals surface area (Å²) in [6.45, 7) is 1.80. The first-order valence-electron chi connectivity index (χ1n) is 9.29. The zero-order chi connectivity index (χ0) is 22.8. The molecule has 2 aromatic rings. The highest BCUT2D eigenvalue weighted by Crippen LogP contribution is 2.21. The summed E-state index contributed by atoms with van der Waals surface area (Å²) in [6.07, 6.45) is 0.128. The fourth-order valence-electron chi connectivity index (χ4n) is 2.22. The average molecular weight is 435 g/mol. The van der Waals surface area contributed by atoms with Crippen molar-refractivity contribution in [1.29, 1.82) is 0 Å². The van der Waals surface area contributed by atoms with Gasteiger partial charge in [0.1, 0.15) is 12.5 Å². The lowest BCUT2D eigenvalue weighted by Crippen LogP contribution is -2.47. The first-order chi connectivity index (χ1) is 14.8. The molecule has 0 aliphatic rings. The van der Waals surface area contributed by atoms with Gasteiger partial charge in [-0.1, -0.05) is 13.3 Å². The molecule has 13 nitrogen and oxygen atoms in total. The topological polar surface area (TPSA) is 190 Å². The maximum Gasteiger partial charge on any atom is 0.407 e. The van der Waals surface area contributed by atoms with Crippen molar-refractivity contribution in [2.75, 3.05) is 13.2 Å². The Balaban J connectivity index is 1.89. The number of hydrogen-bond acceptors (Lipinski definition) is 11. The van der Waals surface area contributed by atoms with Crippen LogP contribution in [0.3, 0.4) is 0 Å². The van der Waals surface area contributed by atoms with Crippen LogP contribution in [0.4, 0.5) is 10.5 Å². The van der Waals surface area contributed by atoms with Gasteiger partial charge in [-0.3, -0.25) is 14.9 Å². The smallest absolute Gasteiger partial charge is 0.407 e. The van der Waals surface area contributed by atoms with Crippen molar-refractivity contribution in [2.45, 2.75) is 32.2 Å². The zero-order valence-electron chi connectivity index (χ0n) is 16.6. The lowest BCUT2D eigenvalue weighted by molar-refractivity contribution is -0.384. The number of esters is 2. The molecule has 0 bridgehead atoms. The first kappa shape index (κ1) is 23.4. The standard InChI is InChI=1S/C18H21N5O8/c1-2-3-8-29-18(26)20-13(10-19)17(25)31-15(24)9-14-21-22-16(30-14)11-4-6-12(7-5-11)23(27)28/h4-7,13H,2-3,8-10,19H2,1H3,(H,20,26). The minimum absolute atomic E-state index is 0.0281. The van der Waals surface area contributed by atoms with Gasteiger partial charge < -0.3 is 24.9 Å². The Morgan fingerprint density at radius 2 is 1.97 bits per heavy atom. The third-order valence-electron chi connectivity index (χ3n) is 3.85. The molecule has 1 atom stereocenters. The van der Waals surface area contributed by atoms with Crippen molar-refractivity contribution < 1.29 is 33.2 Å². The van der Waals surface area contributed by atoms with Gasteiger partial charge in [0.25, 0.3) is 5.69 Å². The van der Waals surface area contributed by atoms with Gasteiger partial charge in [0.2, 0.25) is 11.8 Å². The number of non-ortho nitro benzene ring substituents is 1.